The van der Waals surface area contributed by atoms with Crippen LogP contribution in [0, 0.1) is 17.3 Å². The molecule has 0 amide bonds. The van der Waals surface area contributed by atoms with Gasteiger partial charge in [-0.2, -0.15) is 9.97 Å². The SMILES string of the molecule is CN1C[C@@H]2CN(c3nc(N)nc(N)c3CCC(C)(C)C)C[C@@H]2C1. The standard InChI is InChI=1S/C17H30N6/c1-17(2,3)6-5-13-14(18)20-16(19)21-15(13)23-9-11-7-22(4)8-12(11)10-23/h11-12H,5-10H2,1-4H3,(H4,18,19,20,21)/t11-,12+. The average molecular weight is 318 g/mol. The zero-order valence-corrected chi connectivity index (χ0v) is 14.8. The number of nitrogens with two attached hydrogens (primary N) is 2. The first kappa shape index (κ1) is 16.3. The summed E-state index contributed by atoms with van der Waals surface area (Å²) in [7, 11) is 2.21. The third-order valence-corrected chi connectivity index (χ3v) is 5.13. The first-order chi connectivity index (χ1) is 10.7. The van der Waals surface area contributed by atoms with E-state index in [0.29, 0.717) is 5.82 Å². The van der Waals surface area contributed by atoms with Gasteiger partial charge in [-0.05, 0) is 37.1 Å². The Hall–Kier alpha value is -1.56. The van der Waals surface area contributed by atoms with Gasteiger partial charge in [-0.3, -0.25) is 0 Å². The first-order valence-corrected chi connectivity index (χ1v) is 8.58. The predicted molar refractivity (Wildman–Crippen MR) is 95.3 cm³/mol. The van der Waals surface area contributed by atoms with Gasteiger partial charge in [0.15, 0.2) is 0 Å². The summed E-state index contributed by atoms with van der Waals surface area (Å²) in [4.78, 5) is 13.6. The van der Waals surface area contributed by atoms with Gasteiger partial charge in [-0.1, -0.05) is 20.8 Å². The van der Waals surface area contributed by atoms with Crippen molar-refractivity contribution in [2.24, 2.45) is 17.3 Å². The number of likely N-dealkylation sites (tertiary alicyclic amines) is 1. The molecule has 3 rings (SSSR count). The lowest BCUT2D eigenvalue weighted by Gasteiger charge is -2.25. The Morgan fingerprint density at radius 3 is 2.22 bits per heavy atom. The highest BCUT2D eigenvalue weighted by atomic mass is 15.3. The van der Waals surface area contributed by atoms with Crippen molar-refractivity contribution >= 4 is 17.6 Å². The number of rotatable bonds is 3. The number of fused-ring (bicyclic) bond motifs is 1. The van der Waals surface area contributed by atoms with E-state index in [4.69, 9.17) is 11.5 Å². The number of nitrogens with zero attached hydrogens (tertiary/aromatic N) is 4. The highest BCUT2D eigenvalue weighted by molar-refractivity contribution is 5.60. The molecule has 2 saturated heterocycles. The topological polar surface area (TPSA) is 84.3 Å². The molecule has 0 bridgehead atoms. The number of anilines is 3. The van der Waals surface area contributed by atoms with Crippen LogP contribution in [0.25, 0.3) is 0 Å². The zero-order chi connectivity index (χ0) is 16.8. The molecule has 0 unspecified atom stereocenters. The molecule has 0 saturated carbocycles. The van der Waals surface area contributed by atoms with E-state index in [1.165, 1.54) is 13.1 Å². The molecule has 3 heterocycles. The molecule has 0 radical (unpaired) electrons. The Morgan fingerprint density at radius 2 is 1.65 bits per heavy atom. The molecule has 0 spiro atoms. The van der Waals surface area contributed by atoms with Crippen molar-refractivity contribution in [2.75, 3.05) is 49.6 Å². The smallest absolute Gasteiger partial charge is 0.223 e. The third kappa shape index (κ3) is 3.52. The van der Waals surface area contributed by atoms with E-state index >= 15 is 0 Å². The Bertz CT molecular complexity index is 565. The van der Waals surface area contributed by atoms with E-state index in [0.717, 1.165) is 49.1 Å². The molecule has 128 valence electrons. The minimum Gasteiger partial charge on any atom is -0.383 e. The fourth-order valence-electron chi connectivity index (χ4n) is 3.91. The minimum absolute atomic E-state index is 0.259. The average Bonchev–Trinajstić information content (AvgIpc) is 2.92. The number of aromatic nitrogens is 2. The number of hydrogen-bond acceptors (Lipinski definition) is 6. The molecule has 2 aliphatic heterocycles. The van der Waals surface area contributed by atoms with Crippen molar-refractivity contribution in [3.8, 4) is 0 Å². The van der Waals surface area contributed by atoms with Crippen molar-refractivity contribution in [1.29, 1.82) is 0 Å². The Balaban J connectivity index is 1.84. The van der Waals surface area contributed by atoms with Crippen LogP contribution in [0.5, 0.6) is 0 Å². The number of hydrogen-bond donors (Lipinski definition) is 2. The molecule has 2 atom stereocenters. The normalized spacial score (nSPS) is 25.1. The van der Waals surface area contributed by atoms with Gasteiger partial charge in [0.05, 0.1) is 0 Å². The van der Waals surface area contributed by atoms with Gasteiger partial charge >= 0.3 is 0 Å². The second kappa shape index (κ2) is 5.82. The van der Waals surface area contributed by atoms with Gasteiger partial charge in [-0.15, -0.1) is 0 Å². The van der Waals surface area contributed by atoms with Gasteiger partial charge in [0.1, 0.15) is 11.6 Å². The summed E-state index contributed by atoms with van der Waals surface area (Å²) in [6.45, 7) is 11.2. The fourth-order valence-corrected chi connectivity index (χ4v) is 3.91. The Labute approximate surface area is 139 Å². The van der Waals surface area contributed by atoms with E-state index < -0.39 is 0 Å². The summed E-state index contributed by atoms with van der Waals surface area (Å²) in [5, 5.41) is 0. The van der Waals surface area contributed by atoms with E-state index in [9.17, 15) is 0 Å². The van der Waals surface area contributed by atoms with Gasteiger partial charge in [0.25, 0.3) is 0 Å². The van der Waals surface area contributed by atoms with Gasteiger partial charge in [0, 0.05) is 31.7 Å². The molecular formula is C17H30N6. The molecular weight excluding hydrogens is 288 g/mol. The summed E-state index contributed by atoms with van der Waals surface area (Å²) < 4.78 is 0. The van der Waals surface area contributed by atoms with Crippen molar-refractivity contribution in [2.45, 2.75) is 33.6 Å². The first-order valence-electron chi connectivity index (χ1n) is 8.58. The molecule has 0 aliphatic carbocycles. The molecule has 2 fully saturated rings. The summed E-state index contributed by atoms with van der Waals surface area (Å²) in [5.41, 5.74) is 13.4. The minimum atomic E-state index is 0.259. The zero-order valence-electron chi connectivity index (χ0n) is 14.8. The second-order valence-electron chi connectivity index (χ2n) is 8.48. The molecule has 1 aromatic rings. The highest BCUT2D eigenvalue weighted by Gasteiger charge is 2.40. The van der Waals surface area contributed by atoms with Gasteiger partial charge in [0.2, 0.25) is 5.95 Å². The summed E-state index contributed by atoms with van der Waals surface area (Å²) in [6, 6.07) is 0. The van der Waals surface area contributed by atoms with Crippen LogP contribution in [-0.4, -0.2) is 48.1 Å². The number of nitrogen functional groups attached to an aromatic ring is 2. The van der Waals surface area contributed by atoms with Crippen LogP contribution in [-0.2, 0) is 6.42 Å². The van der Waals surface area contributed by atoms with E-state index in [2.05, 4.69) is 47.6 Å². The van der Waals surface area contributed by atoms with Crippen LogP contribution < -0.4 is 16.4 Å². The van der Waals surface area contributed by atoms with Crippen LogP contribution in [0.15, 0.2) is 0 Å². The van der Waals surface area contributed by atoms with Gasteiger partial charge in [-0.25, -0.2) is 0 Å². The van der Waals surface area contributed by atoms with Gasteiger partial charge < -0.3 is 21.3 Å². The van der Waals surface area contributed by atoms with E-state index in [-0.39, 0.29) is 11.4 Å². The van der Waals surface area contributed by atoms with Crippen molar-refractivity contribution in [3.05, 3.63) is 5.56 Å². The molecule has 23 heavy (non-hydrogen) atoms. The molecule has 2 aliphatic rings. The van der Waals surface area contributed by atoms with Crippen LogP contribution in [0.4, 0.5) is 17.6 Å². The van der Waals surface area contributed by atoms with E-state index in [1.807, 2.05) is 0 Å². The maximum atomic E-state index is 6.19. The maximum absolute atomic E-state index is 6.19. The maximum Gasteiger partial charge on any atom is 0.223 e. The lowest BCUT2D eigenvalue weighted by molar-refractivity contribution is 0.377. The Morgan fingerprint density at radius 1 is 1.04 bits per heavy atom. The predicted octanol–water partition coefficient (Wildman–Crippen LogP) is 1.62. The van der Waals surface area contributed by atoms with Crippen LogP contribution in [0.3, 0.4) is 0 Å². The second-order valence-corrected chi connectivity index (χ2v) is 8.48. The van der Waals surface area contributed by atoms with E-state index in [1.54, 1.807) is 0 Å². The van der Waals surface area contributed by atoms with Crippen molar-refractivity contribution < 1.29 is 0 Å². The molecule has 6 nitrogen and oxygen atoms in total. The van der Waals surface area contributed by atoms with Crippen LogP contribution in [0.2, 0.25) is 0 Å². The Kier molecular flexibility index (Phi) is 4.12. The quantitative estimate of drug-likeness (QED) is 0.881. The third-order valence-electron chi connectivity index (χ3n) is 5.13. The molecule has 4 N–H and O–H groups in total. The lowest BCUT2D eigenvalue weighted by atomic mass is 9.89. The lowest BCUT2D eigenvalue weighted by Crippen LogP contribution is -2.29. The summed E-state index contributed by atoms with van der Waals surface area (Å²) in [6.07, 6.45) is 1.96. The summed E-state index contributed by atoms with van der Waals surface area (Å²) >= 11 is 0. The molecule has 1 aromatic heterocycles. The fraction of sp³-hybridized carbons (Fsp3) is 0.765. The summed E-state index contributed by atoms with van der Waals surface area (Å²) in [5.74, 6) is 3.26. The molecule has 0 aromatic carbocycles. The largest absolute Gasteiger partial charge is 0.383 e. The monoisotopic (exact) mass is 318 g/mol. The van der Waals surface area contributed by atoms with Crippen molar-refractivity contribution in [1.82, 2.24) is 14.9 Å². The van der Waals surface area contributed by atoms with Crippen LogP contribution >= 0.6 is 0 Å². The highest BCUT2D eigenvalue weighted by Crippen LogP contribution is 2.36. The molecule has 6 heteroatoms. The van der Waals surface area contributed by atoms with Crippen LogP contribution in [0.1, 0.15) is 32.8 Å². The van der Waals surface area contributed by atoms with Crippen molar-refractivity contribution in [3.63, 3.8) is 0 Å².